The van der Waals surface area contributed by atoms with Gasteiger partial charge in [-0.05, 0) is 44.4 Å². The number of carbonyl (C=O) groups excluding carboxylic acids is 2. The van der Waals surface area contributed by atoms with Gasteiger partial charge in [0.15, 0.2) is 5.78 Å². The van der Waals surface area contributed by atoms with Gasteiger partial charge in [-0.1, -0.05) is 12.1 Å². The van der Waals surface area contributed by atoms with Crippen molar-refractivity contribution in [3.05, 3.63) is 41.0 Å². The molecule has 0 unspecified atom stereocenters. The Balaban J connectivity index is 2.45. The van der Waals surface area contributed by atoms with E-state index < -0.39 is 5.41 Å². The maximum Gasteiger partial charge on any atom is 0.194 e. The van der Waals surface area contributed by atoms with Gasteiger partial charge in [0.1, 0.15) is 17.3 Å². The van der Waals surface area contributed by atoms with E-state index in [1.54, 1.807) is 40.2 Å². The third-order valence-corrected chi connectivity index (χ3v) is 4.90. The fourth-order valence-electron chi connectivity index (χ4n) is 3.12. The Morgan fingerprint density at radius 1 is 1.00 bits per heavy atom. The molecule has 0 aliphatic heterocycles. The van der Waals surface area contributed by atoms with Crippen LogP contribution in [0.25, 0.3) is 16.8 Å². The lowest BCUT2D eigenvalue weighted by atomic mass is 9.73. The van der Waals surface area contributed by atoms with Gasteiger partial charge >= 0.3 is 0 Å². The normalized spacial score (nSPS) is 13.7. The summed E-state index contributed by atoms with van der Waals surface area (Å²) < 4.78 is 10.9. The van der Waals surface area contributed by atoms with Crippen LogP contribution in [0.4, 0.5) is 0 Å². The average molecular weight is 324 g/mol. The Morgan fingerprint density at radius 2 is 1.58 bits per heavy atom. The first-order chi connectivity index (χ1) is 11.3. The van der Waals surface area contributed by atoms with Crippen molar-refractivity contribution in [1.82, 2.24) is 0 Å². The number of ether oxygens (including phenoxy) is 2. The van der Waals surface area contributed by atoms with Crippen molar-refractivity contribution in [2.45, 2.75) is 20.8 Å². The van der Waals surface area contributed by atoms with E-state index >= 15 is 0 Å². The minimum atomic E-state index is -0.886. The zero-order valence-electron chi connectivity index (χ0n) is 14.5. The van der Waals surface area contributed by atoms with Crippen LogP contribution >= 0.6 is 0 Å². The summed E-state index contributed by atoms with van der Waals surface area (Å²) in [6.07, 6.45) is 1.79. The molecule has 2 aromatic carbocycles. The highest BCUT2D eigenvalue weighted by Gasteiger charge is 2.38. The third-order valence-electron chi connectivity index (χ3n) is 4.90. The molecule has 0 N–H and O–H groups in total. The highest BCUT2D eigenvalue weighted by Crippen LogP contribution is 2.44. The minimum Gasteiger partial charge on any atom is -0.496 e. The zero-order chi connectivity index (χ0) is 17.6. The van der Waals surface area contributed by atoms with E-state index in [0.29, 0.717) is 22.6 Å². The summed E-state index contributed by atoms with van der Waals surface area (Å²) in [7, 11) is 3.14. The molecule has 0 amide bonds. The van der Waals surface area contributed by atoms with E-state index in [9.17, 15) is 9.59 Å². The summed E-state index contributed by atoms with van der Waals surface area (Å²) in [5, 5.41) is 1.74. The standard InChI is InChI=1S/C20H20O4/c1-11(21)20(2,3)14-10-13-15(23-4)8-6-12-7-9-16(24-5)18(17(12)13)19(14)22/h6-10H,1-5H3. The Morgan fingerprint density at radius 3 is 2.12 bits per heavy atom. The van der Waals surface area contributed by atoms with Crippen LogP contribution in [-0.2, 0) is 4.79 Å². The Kier molecular flexibility index (Phi) is 3.71. The van der Waals surface area contributed by atoms with Crippen molar-refractivity contribution in [2.24, 2.45) is 5.41 Å². The second-order valence-corrected chi connectivity index (χ2v) is 6.49. The molecule has 0 spiro atoms. The molecule has 0 fully saturated rings. The minimum absolute atomic E-state index is 0.0633. The molecule has 3 rings (SSSR count). The van der Waals surface area contributed by atoms with Crippen molar-refractivity contribution >= 4 is 28.4 Å². The van der Waals surface area contributed by atoms with Crippen LogP contribution in [-0.4, -0.2) is 25.8 Å². The lowest BCUT2D eigenvalue weighted by Gasteiger charge is -2.29. The number of Topliss-reactive ketones (excluding diaryl/α,β-unsaturated/α-hetero) is 2. The molecular weight excluding hydrogens is 304 g/mol. The maximum atomic E-state index is 13.2. The number of rotatable bonds is 4. The number of hydrogen-bond donors (Lipinski definition) is 0. The van der Waals surface area contributed by atoms with Crippen molar-refractivity contribution in [2.75, 3.05) is 14.2 Å². The summed E-state index contributed by atoms with van der Waals surface area (Å²) in [6.45, 7) is 5.04. The van der Waals surface area contributed by atoms with E-state index in [4.69, 9.17) is 9.47 Å². The van der Waals surface area contributed by atoms with Gasteiger partial charge in [0, 0.05) is 16.5 Å². The largest absolute Gasteiger partial charge is 0.496 e. The summed E-state index contributed by atoms with van der Waals surface area (Å²) in [4.78, 5) is 25.3. The molecule has 0 bridgehead atoms. The molecule has 0 aromatic heterocycles. The first-order valence-electron chi connectivity index (χ1n) is 7.78. The summed E-state index contributed by atoms with van der Waals surface area (Å²) in [5.41, 5.74) is 0.879. The molecule has 2 aromatic rings. The smallest absolute Gasteiger partial charge is 0.194 e. The monoisotopic (exact) mass is 324 g/mol. The molecular formula is C20H20O4. The van der Waals surface area contributed by atoms with Crippen LogP contribution in [0, 0.1) is 5.41 Å². The van der Waals surface area contributed by atoms with E-state index in [1.165, 1.54) is 6.92 Å². The topological polar surface area (TPSA) is 52.6 Å². The first kappa shape index (κ1) is 16.2. The van der Waals surface area contributed by atoms with Gasteiger partial charge in [0.05, 0.1) is 25.2 Å². The number of carbonyl (C=O) groups is 2. The lowest BCUT2D eigenvalue weighted by Crippen LogP contribution is -2.30. The summed E-state index contributed by atoms with van der Waals surface area (Å²) in [6, 6.07) is 7.50. The van der Waals surface area contributed by atoms with E-state index in [-0.39, 0.29) is 11.6 Å². The predicted octanol–water partition coefficient (Wildman–Crippen LogP) is 4.05. The van der Waals surface area contributed by atoms with Crippen LogP contribution < -0.4 is 9.47 Å². The number of ketones is 2. The Hall–Kier alpha value is -2.62. The van der Waals surface area contributed by atoms with Crippen LogP contribution in [0.5, 0.6) is 11.5 Å². The van der Waals surface area contributed by atoms with Crippen LogP contribution in [0.2, 0.25) is 0 Å². The van der Waals surface area contributed by atoms with Gasteiger partial charge in [0.25, 0.3) is 0 Å². The molecule has 0 saturated heterocycles. The number of benzene rings is 2. The van der Waals surface area contributed by atoms with Crippen LogP contribution in [0.15, 0.2) is 29.8 Å². The van der Waals surface area contributed by atoms with Gasteiger partial charge in [-0.25, -0.2) is 0 Å². The van der Waals surface area contributed by atoms with Crippen molar-refractivity contribution in [3.63, 3.8) is 0 Å². The lowest BCUT2D eigenvalue weighted by molar-refractivity contribution is -0.123. The van der Waals surface area contributed by atoms with Gasteiger partial charge in [-0.15, -0.1) is 0 Å². The molecule has 0 saturated carbocycles. The number of allylic oxidation sites excluding steroid dienone is 1. The predicted molar refractivity (Wildman–Crippen MR) is 93.8 cm³/mol. The maximum absolute atomic E-state index is 13.2. The van der Waals surface area contributed by atoms with Gasteiger partial charge in [-0.2, -0.15) is 0 Å². The molecule has 0 radical (unpaired) electrons. The van der Waals surface area contributed by atoms with Crippen LogP contribution in [0.1, 0.15) is 36.7 Å². The molecule has 24 heavy (non-hydrogen) atoms. The Labute approximate surface area is 141 Å². The highest BCUT2D eigenvalue weighted by molar-refractivity contribution is 6.26. The number of hydrogen-bond acceptors (Lipinski definition) is 4. The fraction of sp³-hybridized carbons (Fsp3) is 0.300. The average Bonchev–Trinajstić information content (AvgIpc) is 2.56. The summed E-state index contributed by atoms with van der Waals surface area (Å²) in [5.74, 6) is 0.943. The van der Waals surface area contributed by atoms with Crippen molar-refractivity contribution < 1.29 is 19.1 Å². The van der Waals surface area contributed by atoms with Gasteiger partial charge in [0.2, 0.25) is 0 Å². The SMILES string of the molecule is COc1ccc2ccc(OC)c3c2c1C=C(C(C)(C)C(C)=O)C3=O. The molecule has 0 heterocycles. The molecule has 4 heteroatoms. The van der Waals surface area contributed by atoms with Gasteiger partial charge < -0.3 is 9.47 Å². The van der Waals surface area contributed by atoms with Crippen molar-refractivity contribution in [1.29, 1.82) is 0 Å². The highest BCUT2D eigenvalue weighted by atomic mass is 16.5. The van der Waals surface area contributed by atoms with E-state index in [0.717, 1.165) is 16.3 Å². The van der Waals surface area contributed by atoms with Crippen molar-refractivity contribution in [3.8, 4) is 11.5 Å². The molecule has 1 aliphatic rings. The molecule has 124 valence electrons. The quantitative estimate of drug-likeness (QED) is 0.851. The third kappa shape index (κ3) is 2.13. The van der Waals surface area contributed by atoms with Gasteiger partial charge in [-0.3, -0.25) is 9.59 Å². The fourth-order valence-corrected chi connectivity index (χ4v) is 3.12. The molecule has 0 atom stereocenters. The second kappa shape index (κ2) is 5.48. The van der Waals surface area contributed by atoms with E-state index in [2.05, 4.69) is 0 Å². The molecule has 4 nitrogen and oxygen atoms in total. The zero-order valence-corrected chi connectivity index (χ0v) is 14.5. The van der Waals surface area contributed by atoms with E-state index in [1.807, 2.05) is 18.2 Å². The second-order valence-electron chi connectivity index (χ2n) is 6.49. The first-order valence-corrected chi connectivity index (χ1v) is 7.78. The molecule has 1 aliphatic carbocycles. The number of methoxy groups -OCH3 is 2. The summed E-state index contributed by atoms with van der Waals surface area (Å²) >= 11 is 0. The Bertz CT molecular complexity index is 898. The van der Waals surface area contributed by atoms with Crippen LogP contribution in [0.3, 0.4) is 0 Å².